The molecule has 0 aliphatic carbocycles. The van der Waals surface area contributed by atoms with Crippen LogP contribution in [-0.4, -0.2) is 59.1 Å². The average molecular weight is 334 g/mol. The number of amides is 1. The summed E-state index contributed by atoms with van der Waals surface area (Å²) < 4.78 is 5.35. The first kappa shape index (κ1) is 18.3. The maximum absolute atomic E-state index is 12.5. The highest BCUT2D eigenvalue weighted by atomic mass is 16.5. The quantitative estimate of drug-likeness (QED) is 0.824. The van der Waals surface area contributed by atoms with Crippen LogP contribution in [0.2, 0.25) is 0 Å². The largest absolute Gasteiger partial charge is 0.482 e. The summed E-state index contributed by atoms with van der Waals surface area (Å²) >= 11 is 0. The molecule has 1 saturated heterocycles. The molecule has 1 N–H and O–H groups in total. The Balaban J connectivity index is 2.04. The van der Waals surface area contributed by atoms with Crippen LogP contribution in [0.4, 0.5) is 0 Å². The molecule has 1 aromatic rings. The Hall–Kier alpha value is -2.08. The highest BCUT2D eigenvalue weighted by Gasteiger charge is 2.31. The highest BCUT2D eigenvalue weighted by molar-refractivity contribution is 5.82. The summed E-state index contributed by atoms with van der Waals surface area (Å²) in [6, 6.07) is 7.19. The van der Waals surface area contributed by atoms with E-state index in [0.717, 1.165) is 25.2 Å². The van der Waals surface area contributed by atoms with Crippen molar-refractivity contribution in [1.29, 1.82) is 0 Å². The fourth-order valence-electron chi connectivity index (χ4n) is 2.94. The Bertz CT molecular complexity index is 588. The highest BCUT2D eigenvalue weighted by Crippen LogP contribution is 2.23. The van der Waals surface area contributed by atoms with Crippen LogP contribution in [-0.2, 0) is 16.1 Å². The minimum absolute atomic E-state index is 0.152. The van der Waals surface area contributed by atoms with Crippen molar-refractivity contribution >= 4 is 11.9 Å². The molecule has 6 nitrogen and oxygen atoms in total. The van der Waals surface area contributed by atoms with E-state index in [1.165, 1.54) is 0 Å². The lowest BCUT2D eigenvalue weighted by Gasteiger charge is -2.40. The van der Waals surface area contributed by atoms with Gasteiger partial charge in [-0.3, -0.25) is 9.69 Å². The van der Waals surface area contributed by atoms with E-state index in [1.54, 1.807) is 6.07 Å². The van der Waals surface area contributed by atoms with Gasteiger partial charge in [0.25, 0.3) is 0 Å². The number of hydrogen-bond donors (Lipinski definition) is 1. The Morgan fingerprint density at radius 2 is 2.04 bits per heavy atom. The fourth-order valence-corrected chi connectivity index (χ4v) is 2.94. The van der Waals surface area contributed by atoms with Crippen LogP contribution < -0.4 is 4.74 Å². The molecule has 1 aliphatic rings. The molecular weight excluding hydrogens is 308 g/mol. The minimum atomic E-state index is -1.00. The summed E-state index contributed by atoms with van der Waals surface area (Å²) in [6.07, 6.45) is 0. The van der Waals surface area contributed by atoms with E-state index in [1.807, 2.05) is 30.0 Å². The lowest BCUT2D eigenvalue weighted by Crippen LogP contribution is -2.56. The molecule has 1 fully saturated rings. The molecule has 1 aliphatic heterocycles. The van der Waals surface area contributed by atoms with Crippen LogP contribution in [0, 0.1) is 5.92 Å². The van der Waals surface area contributed by atoms with Gasteiger partial charge in [-0.15, -0.1) is 0 Å². The lowest BCUT2D eigenvalue weighted by atomic mass is 10.1. The number of hydrogen-bond acceptors (Lipinski definition) is 4. The van der Waals surface area contributed by atoms with Gasteiger partial charge in [0.15, 0.2) is 6.61 Å². The van der Waals surface area contributed by atoms with Gasteiger partial charge >= 0.3 is 5.97 Å². The SMILES string of the molecule is CC(C)CN1CCN(Cc2ccccc2OCC(=O)O)[C@H](C)C1=O. The second-order valence-electron chi connectivity index (χ2n) is 6.61. The molecule has 1 heterocycles. The van der Waals surface area contributed by atoms with Gasteiger partial charge in [-0.05, 0) is 18.9 Å². The molecule has 24 heavy (non-hydrogen) atoms. The molecule has 0 spiro atoms. The maximum Gasteiger partial charge on any atom is 0.341 e. The molecule has 132 valence electrons. The standard InChI is InChI=1S/C18H26N2O4/c1-13(2)10-20-9-8-19(14(3)18(20)23)11-15-6-4-5-7-16(15)24-12-17(21)22/h4-7,13-14H,8-12H2,1-3H3,(H,21,22)/t14-/m1/s1. The molecule has 1 atom stereocenters. The van der Waals surface area contributed by atoms with E-state index in [2.05, 4.69) is 18.7 Å². The van der Waals surface area contributed by atoms with Crippen molar-refractivity contribution < 1.29 is 19.4 Å². The third-order valence-corrected chi connectivity index (χ3v) is 4.16. The minimum Gasteiger partial charge on any atom is -0.482 e. The van der Waals surface area contributed by atoms with E-state index in [4.69, 9.17) is 9.84 Å². The number of carbonyl (C=O) groups is 2. The first-order chi connectivity index (χ1) is 11.4. The Morgan fingerprint density at radius 3 is 2.71 bits per heavy atom. The molecule has 6 heteroatoms. The molecule has 1 amide bonds. The number of piperazine rings is 1. The van der Waals surface area contributed by atoms with Crippen LogP contribution >= 0.6 is 0 Å². The number of benzene rings is 1. The Morgan fingerprint density at radius 1 is 1.33 bits per heavy atom. The Kier molecular flexibility index (Phi) is 6.20. The molecule has 0 aromatic heterocycles. The van der Waals surface area contributed by atoms with Gasteiger partial charge in [-0.25, -0.2) is 4.79 Å². The predicted octanol–water partition coefficient (Wildman–Crippen LogP) is 1.84. The average Bonchev–Trinajstić information content (AvgIpc) is 2.53. The molecule has 0 unspecified atom stereocenters. The van der Waals surface area contributed by atoms with Crippen molar-refractivity contribution in [3.05, 3.63) is 29.8 Å². The Labute approximate surface area is 143 Å². The van der Waals surface area contributed by atoms with Crippen molar-refractivity contribution in [2.75, 3.05) is 26.2 Å². The third-order valence-electron chi connectivity index (χ3n) is 4.16. The lowest BCUT2D eigenvalue weighted by molar-refractivity contribution is -0.142. The van der Waals surface area contributed by atoms with Gasteiger partial charge in [0.1, 0.15) is 5.75 Å². The van der Waals surface area contributed by atoms with Crippen LogP contribution in [0.1, 0.15) is 26.3 Å². The van der Waals surface area contributed by atoms with E-state index in [0.29, 0.717) is 18.2 Å². The van der Waals surface area contributed by atoms with Crippen molar-refractivity contribution in [3.8, 4) is 5.75 Å². The number of ether oxygens (including phenoxy) is 1. The molecule has 0 saturated carbocycles. The monoisotopic (exact) mass is 334 g/mol. The smallest absolute Gasteiger partial charge is 0.341 e. The number of para-hydroxylation sites is 1. The zero-order valence-corrected chi connectivity index (χ0v) is 14.6. The number of carbonyl (C=O) groups excluding carboxylic acids is 1. The van der Waals surface area contributed by atoms with Crippen LogP contribution in [0.5, 0.6) is 5.75 Å². The number of rotatable bonds is 7. The first-order valence-corrected chi connectivity index (χ1v) is 8.33. The van der Waals surface area contributed by atoms with E-state index in [9.17, 15) is 9.59 Å². The van der Waals surface area contributed by atoms with E-state index >= 15 is 0 Å². The van der Waals surface area contributed by atoms with Crippen molar-refractivity contribution in [2.45, 2.75) is 33.4 Å². The van der Waals surface area contributed by atoms with Crippen molar-refractivity contribution in [2.24, 2.45) is 5.92 Å². The molecular formula is C18H26N2O4. The van der Waals surface area contributed by atoms with Crippen LogP contribution in [0.25, 0.3) is 0 Å². The zero-order valence-electron chi connectivity index (χ0n) is 14.6. The summed E-state index contributed by atoms with van der Waals surface area (Å²) in [5.74, 6) is 0.163. The first-order valence-electron chi connectivity index (χ1n) is 8.33. The zero-order chi connectivity index (χ0) is 17.7. The summed E-state index contributed by atoms with van der Waals surface area (Å²) in [4.78, 5) is 27.3. The van der Waals surface area contributed by atoms with E-state index in [-0.39, 0.29) is 18.6 Å². The topological polar surface area (TPSA) is 70.1 Å². The van der Waals surface area contributed by atoms with Crippen molar-refractivity contribution in [1.82, 2.24) is 9.80 Å². The van der Waals surface area contributed by atoms with Gasteiger partial charge < -0.3 is 14.7 Å². The normalized spacial score (nSPS) is 18.9. The molecule has 1 aromatic carbocycles. The van der Waals surface area contributed by atoms with Gasteiger partial charge in [0.2, 0.25) is 5.91 Å². The summed E-state index contributed by atoms with van der Waals surface area (Å²) in [6.45, 7) is 8.66. The van der Waals surface area contributed by atoms with Gasteiger partial charge in [0, 0.05) is 31.7 Å². The van der Waals surface area contributed by atoms with Crippen molar-refractivity contribution in [3.63, 3.8) is 0 Å². The predicted molar refractivity (Wildman–Crippen MR) is 90.9 cm³/mol. The summed E-state index contributed by atoms with van der Waals surface area (Å²) in [5.41, 5.74) is 0.899. The van der Waals surface area contributed by atoms with Gasteiger partial charge in [-0.1, -0.05) is 32.0 Å². The molecule has 0 radical (unpaired) electrons. The van der Waals surface area contributed by atoms with Gasteiger partial charge in [0.05, 0.1) is 6.04 Å². The number of aliphatic carboxylic acids is 1. The fraction of sp³-hybridized carbons (Fsp3) is 0.556. The summed E-state index contributed by atoms with van der Waals surface area (Å²) in [5, 5.41) is 8.78. The van der Waals surface area contributed by atoms with Crippen LogP contribution in [0.3, 0.4) is 0 Å². The maximum atomic E-state index is 12.5. The molecule has 0 bridgehead atoms. The second kappa shape index (κ2) is 8.15. The third kappa shape index (κ3) is 4.71. The summed E-state index contributed by atoms with van der Waals surface area (Å²) in [7, 11) is 0. The second-order valence-corrected chi connectivity index (χ2v) is 6.61. The van der Waals surface area contributed by atoms with Crippen LogP contribution in [0.15, 0.2) is 24.3 Å². The number of nitrogens with zero attached hydrogens (tertiary/aromatic N) is 2. The molecule has 2 rings (SSSR count). The number of carboxylic acid groups (broad SMARTS) is 1. The number of carboxylic acids is 1. The van der Waals surface area contributed by atoms with Gasteiger partial charge in [-0.2, -0.15) is 0 Å². The van der Waals surface area contributed by atoms with E-state index < -0.39 is 5.97 Å².